The minimum absolute atomic E-state index is 0.0697. The van der Waals surface area contributed by atoms with Crippen LogP contribution in [-0.2, 0) is 6.54 Å². The maximum absolute atomic E-state index is 9.37. The summed E-state index contributed by atoms with van der Waals surface area (Å²) >= 11 is 5.86. The molecule has 0 aliphatic heterocycles. The van der Waals surface area contributed by atoms with Crippen molar-refractivity contribution in [3.63, 3.8) is 0 Å². The van der Waals surface area contributed by atoms with Crippen LogP contribution in [0.2, 0.25) is 5.02 Å². The first kappa shape index (κ1) is 14.3. The molecule has 2 aromatic carbocycles. The molecule has 0 bridgehead atoms. The van der Waals surface area contributed by atoms with Crippen molar-refractivity contribution in [3.05, 3.63) is 47.0 Å². The van der Waals surface area contributed by atoms with Crippen LogP contribution in [-0.4, -0.2) is 19.3 Å². The van der Waals surface area contributed by atoms with Crippen molar-refractivity contribution in [2.24, 2.45) is 0 Å². The van der Waals surface area contributed by atoms with Gasteiger partial charge >= 0.3 is 0 Å². The number of aromatic hydroxyl groups is 1. The van der Waals surface area contributed by atoms with E-state index in [-0.39, 0.29) is 5.75 Å². The van der Waals surface area contributed by atoms with E-state index >= 15 is 0 Å². The SMILES string of the molecule is COc1cc(CNc2ccc(O)c(Cl)c2)cc(OC)c1. The number of ether oxygens (including phenoxy) is 2. The summed E-state index contributed by atoms with van der Waals surface area (Å²) in [4.78, 5) is 0. The standard InChI is InChI=1S/C15H16ClNO3/c1-19-12-5-10(6-13(8-12)20-2)9-17-11-3-4-15(18)14(16)7-11/h3-8,17-18H,9H2,1-2H3. The molecule has 0 spiro atoms. The van der Waals surface area contributed by atoms with Gasteiger partial charge in [-0.2, -0.15) is 0 Å². The van der Waals surface area contributed by atoms with Gasteiger partial charge in [0, 0.05) is 18.3 Å². The van der Waals surface area contributed by atoms with Crippen LogP contribution in [0.4, 0.5) is 5.69 Å². The number of anilines is 1. The second-order valence-corrected chi connectivity index (χ2v) is 4.65. The van der Waals surface area contributed by atoms with Crippen molar-refractivity contribution < 1.29 is 14.6 Å². The lowest BCUT2D eigenvalue weighted by atomic mass is 10.2. The normalized spacial score (nSPS) is 10.2. The fourth-order valence-electron chi connectivity index (χ4n) is 1.79. The van der Waals surface area contributed by atoms with E-state index in [0.29, 0.717) is 11.6 Å². The number of nitrogens with one attached hydrogen (secondary N) is 1. The van der Waals surface area contributed by atoms with Gasteiger partial charge in [-0.1, -0.05) is 11.6 Å². The first-order valence-corrected chi connectivity index (χ1v) is 6.44. The van der Waals surface area contributed by atoms with E-state index in [9.17, 15) is 5.11 Å². The largest absolute Gasteiger partial charge is 0.506 e. The molecule has 0 saturated carbocycles. The van der Waals surface area contributed by atoms with Gasteiger partial charge in [0.15, 0.2) is 0 Å². The second kappa shape index (κ2) is 6.39. The predicted molar refractivity (Wildman–Crippen MR) is 80.0 cm³/mol. The molecule has 20 heavy (non-hydrogen) atoms. The van der Waals surface area contributed by atoms with Gasteiger partial charge in [-0.25, -0.2) is 0 Å². The molecule has 0 unspecified atom stereocenters. The van der Waals surface area contributed by atoms with Crippen LogP contribution in [0.1, 0.15) is 5.56 Å². The number of phenols is 1. The summed E-state index contributed by atoms with van der Waals surface area (Å²) in [5.41, 5.74) is 1.85. The van der Waals surface area contributed by atoms with Crippen LogP contribution < -0.4 is 14.8 Å². The van der Waals surface area contributed by atoms with Crippen LogP contribution in [0.5, 0.6) is 17.2 Å². The molecule has 4 nitrogen and oxygen atoms in total. The third-order valence-corrected chi connectivity index (χ3v) is 3.16. The molecular formula is C15H16ClNO3. The Labute approximate surface area is 122 Å². The fraction of sp³-hybridized carbons (Fsp3) is 0.200. The maximum atomic E-state index is 9.37. The molecule has 0 amide bonds. The molecule has 106 valence electrons. The molecule has 0 aromatic heterocycles. The van der Waals surface area contributed by atoms with Crippen molar-refractivity contribution in [2.45, 2.75) is 6.54 Å². The molecule has 2 rings (SSSR count). The van der Waals surface area contributed by atoms with Crippen molar-refractivity contribution in [3.8, 4) is 17.2 Å². The van der Waals surface area contributed by atoms with Gasteiger partial charge in [-0.15, -0.1) is 0 Å². The van der Waals surface area contributed by atoms with E-state index in [1.165, 1.54) is 0 Å². The van der Waals surface area contributed by atoms with Crippen LogP contribution in [0.15, 0.2) is 36.4 Å². The number of hydrogen-bond donors (Lipinski definition) is 2. The van der Waals surface area contributed by atoms with E-state index in [4.69, 9.17) is 21.1 Å². The second-order valence-electron chi connectivity index (χ2n) is 4.24. The third-order valence-electron chi connectivity index (χ3n) is 2.86. The van der Waals surface area contributed by atoms with Crippen LogP contribution in [0, 0.1) is 0 Å². The quantitative estimate of drug-likeness (QED) is 0.826. The Balaban J connectivity index is 2.11. The summed E-state index contributed by atoms with van der Waals surface area (Å²) in [7, 11) is 3.23. The number of methoxy groups -OCH3 is 2. The highest BCUT2D eigenvalue weighted by Crippen LogP contribution is 2.27. The van der Waals surface area contributed by atoms with Crippen LogP contribution in [0.25, 0.3) is 0 Å². The average molecular weight is 294 g/mol. The van der Waals surface area contributed by atoms with Crippen LogP contribution in [0.3, 0.4) is 0 Å². The summed E-state index contributed by atoms with van der Waals surface area (Å²) in [6.07, 6.45) is 0. The summed E-state index contributed by atoms with van der Waals surface area (Å²) < 4.78 is 10.4. The smallest absolute Gasteiger partial charge is 0.134 e. The highest BCUT2D eigenvalue weighted by molar-refractivity contribution is 6.32. The van der Waals surface area contributed by atoms with Gasteiger partial charge in [-0.05, 0) is 35.9 Å². The van der Waals surface area contributed by atoms with E-state index in [1.807, 2.05) is 18.2 Å². The zero-order chi connectivity index (χ0) is 14.5. The molecule has 0 radical (unpaired) electrons. The molecule has 0 atom stereocenters. The molecule has 0 fully saturated rings. The van der Waals surface area contributed by atoms with Gasteiger partial charge in [0.1, 0.15) is 17.2 Å². The summed E-state index contributed by atoms with van der Waals surface area (Å²) in [5.74, 6) is 1.55. The average Bonchev–Trinajstić information content (AvgIpc) is 2.48. The Morgan fingerprint density at radius 2 is 1.70 bits per heavy atom. The number of hydrogen-bond acceptors (Lipinski definition) is 4. The van der Waals surface area contributed by atoms with E-state index in [0.717, 1.165) is 22.7 Å². The maximum Gasteiger partial charge on any atom is 0.134 e. The molecule has 0 saturated heterocycles. The highest BCUT2D eigenvalue weighted by Gasteiger charge is 2.03. The lowest BCUT2D eigenvalue weighted by molar-refractivity contribution is 0.393. The Bertz CT molecular complexity index is 579. The third kappa shape index (κ3) is 3.48. The molecule has 2 aromatic rings. The van der Waals surface area contributed by atoms with E-state index in [2.05, 4.69) is 5.32 Å². The highest BCUT2D eigenvalue weighted by atomic mass is 35.5. The van der Waals surface area contributed by atoms with Crippen molar-refractivity contribution in [1.82, 2.24) is 0 Å². The van der Waals surface area contributed by atoms with Gasteiger partial charge in [-0.3, -0.25) is 0 Å². The minimum Gasteiger partial charge on any atom is -0.506 e. The molecule has 0 heterocycles. The Morgan fingerprint density at radius 3 is 2.25 bits per heavy atom. The Kier molecular flexibility index (Phi) is 4.58. The fourth-order valence-corrected chi connectivity index (χ4v) is 1.97. The van der Waals surface area contributed by atoms with E-state index < -0.39 is 0 Å². The zero-order valence-electron chi connectivity index (χ0n) is 11.3. The lowest BCUT2D eigenvalue weighted by Gasteiger charge is -2.11. The molecule has 0 aliphatic rings. The van der Waals surface area contributed by atoms with Gasteiger partial charge in [0.05, 0.1) is 19.2 Å². The predicted octanol–water partition coefficient (Wildman–Crippen LogP) is 3.67. The van der Waals surface area contributed by atoms with Crippen molar-refractivity contribution in [1.29, 1.82) is 0 Å². The number of halogens is 1. The summed E-state index contributed by atoms with van der Waals surface area (Å²) in [5, 5.41) is 12.9. The Hall–Kier alpha value is -2.07. The molecule has 0 aliphatic carbocycles. The minimum atomic E-state index is 0.0697. The molecule has 5 heteroatoms. The van der Waals surface area contributed by atoms with Gasteiger partial charge in [0.2, 0.25) is 0 Å². The summed E-state index contributed by atoms with van der Waals surface area (Å²) in [6, 6.07) is 10.7. The number of phenolic OH excluding ortho intramolecular Hbond substituents is 1. The summed E-state index contributed by atoms with van der Waals surface area (Å²) in [6.45, 7) is 0.592. The topological polar surface area (TPSA) is 50.7 Å². The van der Waals surface area contributed by atoms with Crippen LogP contribution >= 0.6 is 11.6 Å². The van der Waals surface area contributed by atoms with Crippen molar-refractivity contribution >= 4 is 17.3 Å². The van der Waals surface area contributed by atoms with Gasteiger partial charge < -0.3 is 19.9 Å². The molecule has 2 N–H and O–H groups in total. The first-order chi connectivity index (χ1) is 9.62. The monoisotopic (exact) mass is 293 g/mol. The number of rotatable bonds is 5. The zero-order valence-corrected chi connectivity index (χ0v) is 12.1. The lowest BCUT2D eigenvalue weighted by Crippen LogP contribution is -2.00. The van der Waals surface area contributed by atoms with Gasteiger partial charge in [0.25, 0.3) is 0 Å². The molecular weight excluding hydrogens is 278 g/mol. The van der Waals surface area contributed by atoms with Crippen molar-refractivity contribution in [2.75, 3.05) is 19.5 Å². The number of benzene rings is 2. The first-order valence-electron chi connectivity index (χ1n) is 6.06. The van der Waals surface area contributed by atoms with E-state index in [1.54, 1.807) is 32.4 Å². The Morgan fingerprint density at radius 1 is 1.05 bits per heavy atom.